The van der Waals surface area contributed by atoms with Gasteiger partial charge in [-0.25, -0.2) is 4.98 Å². The fourth-order valence-electron chi connectivity index (χ4n) is 3.11. The Kier molecular flexibility index (Phi) is 5.08. The number of aromatic nitrogens is 2. The van der Waals surface area contributed by atoms with E-state index in [0.717, 1.165) is 17.9 Å². The molecule has 2 N–H and O–H groups in total. The minimum atomic E-state index is -0.637. The lowest BCUT2D eigenvalue weighted by molar-refractivity contribution is -0.385. The Labute approximate surface area is 160 Å². The molecule has 0 aliphatic carbocycles. The topological polar surface area (TPSA) is 119 Å². The van der Waals surface area contributed by atoms with Gasteiger partial charge in [-0.05, 0) is 45.0 Å². The first-order valence-electron chi connectivity index (χ1n) is 8.65. The smallest absolute Gasteiger partial charge is 0.273 e. The first-order chi connectivity index (χ1) is 13.3. The normalized spacial score (nSPS) is 10.7. The molecule has 0 saturated carbocycles. The van der Waals surface area contributed by atoms with Crippen LogP contribution in [0.1, 0.15) is 39.0 Å². The van der Waals surface area contributed by atoms with Gasteiger partial charge < -0.3 is 4.57 Å². The number of aryl methyl sites for hydroxylation is 2. The van der Waals surface area contributed by atoms with Crippen LogP contribution < -0.4 is 10.9 Å². The van der Waals surface area contributed by atoms with Crippen molar-refractivity contribution in [2.45, 2.75) is 27.3 Å². The maximum atomic E-state index is 12.4. The number of hydrogen-bond acceptors (Lipinski definition) is 5. The molecular weight excluding hydrogens is 362 g/mol. The average Bonchev–Trinajstić information content (AvgIpc) is 2.99. The molecule has 1 heterocycles. The van der Waals surface area contributed by atoms with Crippen molar-refractivity contribution in [1.82, 2.24) is 20.4 Å². The number of nitro benzene ring substituents is 1. The molecule has 1 aromatic heterocycles. The minimum absolute atomic E-state index is 0.113. The molecule has 144 valence electrons. The number of carbonyl (C=O) groups excluding carboxylic acids is 2. The van der Waals surface area contributed by atoms with Gasteiger partial charge in [-0.1, -0.05) is 6.07 Å². The standard InChI is InChI=1S/C19H19N5O4/c1-4-23-12(3)20-15-10-13(8-9-17(15)23)18(25)21-22-19(26)14-6-5-7-16(11(14)2)24(27)28/h5-10H,4H2,1-3H3,(H,21,25)(H,22,26). The van der Waals surface area contributed by atoms with Gasteiger partial charge >= 0.3 is 0 Å². The second-order valence-electron chi connectivity index (χ2n) is 6.22. The third kappa shape index (κ3) is 3.41. The van der Waals surface area contributed by atoms with E-state index in [9.17, 15) is 19.7 Å². The fourth-order valence-corrected chi connectivity index (χ4v) is 3.11. The zero-order chi connectivity index (χ0) is 20.4. The molecule has 0 fully saturated rings. The lowest BCUT2D eigenvalue weighted by Crippen LogP contribution is -2.41. The highest BCUT2D eigenvalue weighted by Gasteiger charge is 2.18. The minimum Gasteiger partial charge on any atom is -0.329 e. The van der Waals surface area contributed by atoms with Gasteiger partial charge in [-0.3, -0.25) is 30.6 Å². The largest absolute Gasteiger partial charge is 0.329 e. The first kappa shape index (κ1) is 19.0. The van der Waals surface area contributed by atoms with Crippen LogP contribution in [-0.4, -0.2) is 26.3 Å². The van der Waals surface area contributed by atoms with Crippen molar-refractivity contribution < 1.29 is 14.5 Å². The van der Waals surface area contributed by atoms with E-state index in [-0.39, 0.29) is 16.8 Å². The Morgan fingerprint density at radius 2 is 1.86 bits per heavy atom. The van der Waals surface area contributed by atoms with Gasteiger partial charge in [0.05, 0.1) is 21.5 Å². The highest BCUT2D eigenvalue weighted by atomic mass is 16.6. The number of hydrazine groups is 1. The number of nitro groups is 1. The van der Waals surface area contributed by atoms with Crippen LogP contribution in [-0.2, 0) is 6.54 Å². The van der Waals surface area contributed by atoms with Crippen LogP contribution in [0.25, 0.3) is 11.0 Å². The number of benzene rings is 2. The SMILES string of the molecule is CCn1c(C)nc2cc(C(=O)NNC(=O)c3cccc([N+](=O)[O-])c3C)ccc21. The van der Waals surface area contributed by atoms with Gasteiger partial charge in [-0.15, -0.1) is 0 Å². The highest BCUT2D eigenvalue weighted by molar-refractivity contribution is 6.01. The predicted octanol–water partition coefficient (Wildman–Crippen LogP) is 2.66. The van der Waals surface area contributed by atoms with Gasteiger partial charge in [0.25, 0.3) is 17.5 Å². The van der Waals surface area contributed by atoms with E-state index >= 15 is 0 Å². The molecule has 3 aromatic rings. The third-order valence-corrected chi connectivity index (χ3v) is 4.55. The predicted molar refractivity (Wildman–Crippen MR) is 103 cm³/mol. The Balaban J connectivity index is 1.75. The van der Waals surface area contributed by atoms with E-state index in [1.807, 2.05) is 18.4 Å². The average molecular weight is 381 g/mol. The summed E-state index contributed by atoms with van der Waals surface area (Å²) >= 11 is 0. The molecule has 0 bridgehead atoms. The number of amides is 2. The number of nitrogens with one attached hydrogen (secondary N) is 2. The molecule has 28 heavy (non-hydrogen) atoms. The molecule has 0 unspecified atom stereocenters. The molecule has 9 heteroatoms. The van der Waals surface area contributed by atoms with Crippen LogP contribution >= 0.6 is 0 Å². The summed E-state index contributed by atoms with van der Waals surface area (Å²) in [6.07, 6.45) is 0. The lowest BCUT2D eigenvalue weighted by Gasteiger charge is -2.09. The number of carbonyl (C=O) groups is 2. The fraction of sp³-hybridized carbons (Fsp3) is 0.211. The van der Waals surface area contributed by atoms with Crippen molar-refractivity contribution in [3.8, 4) is 0 Å². The summed E-state index contributed by atoms with van der Waals surface area (Å²) < 4.78 is 2.03. The van der Waals surface area contributed by atoms with Crippen molar-refractivity contribution in [2.24, 2.45) is 0 Å². The third-order valence-electron chi connectivity index (χ3n) is 4.55. The molecule has 0 aliphatic heterocycles. The maximum absolute atomic E-state index is 12.4. The molecule has 0 saturated heterocycles. The van der Waals surface area contributed by atoms with Crippen molar-refractivity contribution in [3.05, 3.63) is 69.0 Å². The van der Waals surface area contributed by atoms with Crippen LogP contribution in [0.3, 0.4) is 0 Å². The molecule has 0 aliphatic rings. The van der Waals surface area contributed by atoms with Crippen LogP contribution in [0.4, 0.5) is 5.69 Å². The van der Waals surface area contributed by atoms with E-state index < -0.39 is 16.7 Å². The van der Waals surface area contributed by atoms with E-state index in [4.69, 9.17) is 0 Å². The zero-order valence-electron chi connectivity index (χ0n) is 15.6. The molecule has 0 atom stereocenters. The second-order valence-corrected chi connectivity index (χ2v) is 6.22. The van der Waals surface area contributed by atoms with Crippen LogP contribution in [0.15, 0.2) is 36.4 Å². The van der Waals surface area contributed by atoms with Crippen LogP contribution in [0, 0.1) is 24.0 Å². The van der Waals surface area contributed by atoms with E-state index in [2.05, 4.69) is 15.8 Å². The Morgan fingerprint density at radius 3 is 2.54 bits per heavy atom. The van der Waals surface area contributed by atoms with Crippen molar-refractivity contribution in [1.29, 1.82) is 0 Å². The first-order valence-corrected chi connectivity index (χ1v) is 8.65. The molecule has 2 aromatic carbocycles. The zero-order valence-corrected chi connectivity index (χ0v) is 15.6. The summed E-state index contributed by atoms with van der Waals surface area (Å²) in [5.74, 6) is -0.298. The van der Waals surface area contributed by atoms with Crippen molar-refractivity contribution >= 4 is 28.5 Å². The molecule has 0 spiro atoms. The summed E-state index contributed by atoms with van der Waals surface area (Å²) in [4.78, 5) is 39.6. The van der Waals surface area contributed by atoms with Crippen LogP contribution in [0.5, 0.6) is 0 Å². The van der Waals surface area contributed by atoms with Gasteiger partial charge in [0.1, 0.15) is 5.82 Å². The lowest BCUT2D eigenvalue weighted by atomic mass is 10.1. The van der Waals surface area contributed by atoms with Gasteiger partial charge in [0.2, 0.25) is 0 Å². The quantitative estimate of drug-likeness (QED) is 0.532. The number of fused-ring (bicyclic) bond motifs is 1. The number of rotatable bonds is 4. The van der Waals surface area contributed by atoms with Gasteiger partial charge in [-0.2, -0.15) is 0 Å². The number of imidazole rings is 1. The number of hydrogen-bond donors (Lipinski definition) is 2. The number of nitrogens with zero attached hydrogens (tertiary/aromatic N) is 3. The maximum Gasteiger partial charge on any atom is 0.273 e. The molecule has 9 nitrogen and oxygen atoms in total. The highest BCUT2D eigenvalue weighted by Crippen LogP contribution is 2.21. The van der Waals surface area contributed by atoms with E-state index in [1.54, 1.807) is 18.2 Å². The summed E-state index contributed by atoms with van der Waals surface area (Å²) in [6.45, 7) is 6.16. The van der Waals surface area contributed by atoms with Crippen molar-refractivity contribution in [2.75, 3.05) is 0 Å². The Hall–Kier alpha value is -3.75. The van der Waals surface area contributed by atoms with Gasteiger partial charge in [0, 0.05) is 23.7 Å². The van der Waals surface area contributed by atoms with Crippen LogP contribution in [0.2, 0.25) is 0 Å². The Morgan fingerprint density at radius 1 is 1.14 bits per heavy atom. The van der Waals surface area contributed by atoms with E-state index in [0.29, 0.717) is 11.1 Å². The molecule has 3 rings (SSSR count). The van der Waals surface area contributed by atoms with Gasteiger partial charge in [0.15, 0.2) is 0 Å². The molecule has 2 amide bonds. The monoisotopic (exact) mass is 381 g/mol. The molecule has 0 radical (unpaired) electrons. The van der Waals surface area contributed by atoms with E-state index in [1.165, 1.54) is 25.1 Å². The van der Waals surface area contributed by atoms with Crippen molar-refractivity contribution in [3.63, 3.8) is 0 Å². The second kappa shape index (κ2) is 7.47. The summed E-state index contributed by atoms with van der Waals surface area (Å²) in [5, 5.41) is 11.0. The summed E-state index contributed by atoms with van der Waals surface area (Å²) in [7, 11) is 0. The molecular formula is C19H19N5O4. The Bertz CT molecular complexity index is 1100. The summed E-state index contributed by atoms with van der Waals surface area (Å²) in [6, 6.07) is 9.29. The summed E-state index contributed by atoms with van der Waals surface area (Å²) in [5.41, 5.74) is 6.75.